The predicted octanol–water partition coefficient (Wildman–Crippen LogP) is 1.29. The normalized spacial score (nSPS) is 28.8. The molecule has 0 aliphatic carbocycles. The molecule has 0 aromatic carbocycles. The summed E-state index contributed by atoms with van der Waals surface area (Å²) in [6, 6.07) is 0. The number of morpholine rings is 1. The van der Waals surface area contributed by atoms with Crippen molar-refractivity contribution in [3.8, 4) is 0 Å². The first-order chi connectivity index (χ1) is 7.52. The maximum absolute atomic E-state index is 11.5. The van der Waals surface area contributed by atoms with E-state index in [1.165, 1.54) is 0 Å². The molecule has 0 bridgehead atoms. The van der Waals surface area contributed by atoms with E-state index in [0.717, 1.165) is 19.6 Å². The fourth-order valence-electron chi connectivity index (χ4n) is 2.18. The predicted molar refractivity (Wildman–Crippen MR) is 62.2 cm³/mol. The smallest absolute Gasteiger partial charge is 0.309 e. The summed E-state index contributed by atoms with van der Waals surface area (Å²) in [5.74, 6) is -0.160. The van der Waals surface area contributed by atoms with Gasteiger partial charge < -0.3 is 9.47 Å². The first kappa shape index (κ1) is 13.5. The summed E-state index contributed by atoms with van der Waals surface area (Å²) >= 11 is 0. The van der Waals surface area contributed by atoms with Crippen LogP contribution in [-0.2, 0) is 14.3 Å². The van der Waals surface area contributed by atoms with Crippen molar-refractivity contribution in [2.45, 2.75) is 39.9 Å². The van der Waals surface area contributed by atoms with Crippen molar-refractivity contribution >= 4 is 5.97 Å². The number of hydrogen-bond acceptors (Lipinski definition) is 4. The highest BCUT2D eigenvalue weighted by Gasteiger charge is 2.25. The van der Waals surface area contributed by atoms with Gasteiger partial charge in [0, 0.05) is 19.6 Å². The molecule has 4 heteroatoms. The van der Waals surface area contributed by atoms with Crippen molar-refractivity contribution in [2.75, 3.05) is 26.2 Å². The van der Waals surface area contributed by atoms with E-state index in [9.17, 15) is 4.79 Å². The van der Waals surface area contributed by atoms with Gasteiger partial charge in [0.25, 0.3) is 0 Å². The SMILES string of the molecule is CCOC(=O)C(C)CN1C[C@@H](C)O[C@@H](C)C1. The molecule has 1 aliphatic rings. The molecule has 1 saturated heterocycles. The van der Waals surface area contributed by atoms with E-state index in [2.05, 4.69) is 18.7 Å². The van der Waals surface area contributed by atoms with Crippen molar-refractivity contribution in [1.29, 1.82) is 0 Å². The van der Waals surface area contributed by atoms with E-state index in [-0.39, 0.29) is 24.1 Å². The largest absolute Gasteiger partial charge is 0.466 e. The van der Waals surface area contributed by atoms with Gasteiger partial charge in [0.05, 0.1) is 24.7 Å². The van der Waals surface area contributed by atoms with Crippen molar-refractivity contribution in [3.05, 3.63) is 0 Å². The van der Waals surface area contributed by atoms with E-state index in [0.29, 0.717) is 6.61 Å². The van der Waals surface area contributed by atoms with Gasteiger partial charge in [-0.3, -0.25) is 9.69 Å². The molecule has 0 saturated carbocycles. The number of carbonyl (C=O) groups is 1. The quantitative estimate of drug-likeness (QED) is 0.681. The van der Waals surface area contributed by atoms with Crippen molar-refractivity contribution < 1.29 is 14.3 Å². The maximum Gasteiger partial charge on any atom is 0.309 e. The van der Waals surface area contributed by atoms with Gasteiger partial charge in [-0.2, -0.15) is 0 Å². The fourth-order valence-corrected chi connectivity index (χ4v) is 2.18. The average Bonchev–Trinajstić information content (AvgIpc) is 2.16. The number of esters is 1. The molecule has 1 aliphatic heterocycles. The molecule has 16 heavy (non-hydrogen) atoms. The molecule has 0 aromatic heterocycles. The van der Waals surface area contributed by atoms with Crippen LogP contribution in [0.15, 0.2) is 0 Å². The summed E-state index contributed by atoms with van der Waals surface area (Å²) in [6.07, 6.45) is 0.497. The third-order valence-electron chi connectivity index (χ3n) is 2.72. The Hall–Kier alpha value is -0.610. The summed E-state index contributed by atoms with van der Waals surface area (Å²) in [4.78, 5) is 13.8. The lowest BCUT2D eigenvalue weighted by Crippen LogP contribution is -2.47. The second-order valence-corrected chi connectivity index (χ2v) is 4.63. The van der Waals surface area contributed by atoms with Gasteiger partial charge in [-0.15, -0.1) is 0 Å². The molecule has 0 spiro atoms. The molecule has 0 amide bonds. The Kier molecular flexibility index (Phi) is 5.22. The minimum Gasteiger partial charge on any atom is -0.466 e. The standard InChI is InChI=1S/C12H23NO3/c1-5-15-12(14)9(2)6-13-7-10(3)16-11(4)8-13/h9-11H,5-8H2,1-4H3/t9?,10-,11+. The zero-order chi connectivity index (χ0) is 12.1. The Morgan fingerprint density at radius 3 is 2.50 bits per heavy atom. The van der Waals surface area contributed by atoms with E-state index >= 15 is 0 Å². The van der Waals surface area contributed by atoms with Gasteiger partial charge >= 0.3 is 5.97 Å². The van der Waals surface area contributed by atoms with Gasteiger partial charge in [0.1, 0.15) is 0 Å². The molecular formula is C12H23NO3. The van der Waals surface area contributed by atoms with Crippen molar-refractivity contribution in [2.24, 2.45) is 5.92 Å². The monoisotopic (exact) mass is 229 g/mol. The lowest BCUT2D eigenvalue weighted by atomic mass is 10.1. The van der Waals surface area contributed by atoms with Gasteiger partial charge in [0.15, 0.2) is 0 Å². The molecule has 1 rings (SSSR count). The highest BCUT2D eigenvalue weighted by atomic mass is 16.5. The third-order valence-corrected chi connectivity index (χ3v) is 2.72. The van der Waals surface area contributed by atoms with Crippen molar-refractivity contribution in [1.82, 2.24) is 4.90 Å². The van der Waals surface area contributed by atoms with E-state index in [1.807, 2.05) is 13.8 Å². The van der Waals surface area contributed by atoms with E-state index in [1.54, 1.807) is 0 Å². The number of rotatable bonds is 4. The lowest BCUT2D eigenvalue weighted by molar-refractivity contribution is -0.149. The molecule has 1 fully saturated rings. The molecule has 0 N–H and O–H groups in total. The molecule has 0 radical (unpaired) electrons. The Bertz CT molecular complexity index is 222. The summed E-state index contributed by atoms with van der Waals surface area (Å²) in [5, 5.41) is 0. The Balaban J connectivity index is 2.38. The van der Waals surface area contributed by atoms with E-state index in [4.69, 9.17) is 9.47 Å². The minimum atomic E-state index is -0.103. The summed E-state index contributed by atoms with van der Waals surface area (Å²) in [5.41, 5.74) is 0. The highest BCUT2D eigenvalue weighted by molar-refractivity contribution is 5.72. The summed E-state index contributed by atoms with van der Waals surface area (Å²) < 4.78 is 10.7. The molecule has 1 heterocycles. The van der Waals surface area contributed by atoms with Crippen LogP contribution < -0.4 is 0 Å². The summed E-state index contributed by atoms with van der Waals surface area (Å²) in [7, 11) is 0. The van der Waals surface area contributed by atoms with Crippen LogP contribution in [0.4, 0.5) is 0 Å². The maximum atomic E-state index is 11.5. The average molecular weight is 229 g/mol. The summed E-state index contributed by atoms with van der Waals surface area (Å²) in [6.45, 7) is 10.9. The van der Waals surface area contributed by atoms with Crippen LogP contribution in [0.25, 0.3) is 0 Å². The van der Waals surface area contributed by atoms with Crippen LogP contribution in [0.1, 0.15) is 27.7 Å². The topological polar surface area (TPSA) is 38.8 Å². The van der Waals surface area contributed by atoms with Crippen molar-refractivity contribution in [3.63, 3.8) is 0 Å². The van der Waals surface area contributed by atoms with Crippen LogP contribution in [0.5, 0.6) is 0 Å². The van der Waals surface area contributed by atoms with Gasteiger partial charge in [-0.05, 0) is 20.8 Å². The number of carbonyl (C=O) groups excluding carboxylic acids is 1. The fraction of sp³-hybridized carbons (Fsp3) is 0.917. The zero-order valence-electron chi connectivity index (χ0n) is 10.7. The number of ether oxygens (including phenoxy) is 2. The van der Waals surface area contributed by atoms with Gasteiger partial charge in [-0.25, -0.2) is 0 Å². The lowest BCUT2D eigenvalue weighted by Gasteiger charge is -2.36. The van der Waals surface area contributed by atoms with Crippen LogP contribution in [0.3, 0.4) is 0 Å². The van der Waals surface area contributed by atoms with Gasteiger partial charge in [-0.1, -0.05) is 6.92 Å². The number of hydrogen-bond donors (Lipinski definition) is 0. The Morgan fingerprint density at radius 2 is 2.00 bits per heavy atom. The minimum absolute atomic E-state index is 0.0579. The first-order valence-corrected chi connectivity index (χ1v) is 6.07. The zero-order valence-corrected chi connectivity index (χ0v) is 10.7. The molecule has 0 aromatic rings. The highest BCUT2D eigenvalue weighted by Crippen LogP contribution is 2.13. The van der Waals surface area contributed by atoms with Crippen LogP contribution in [0.2, 0.25) is 0 Å². The second kappa shape index (κ2) is 6.21. The Labute approximate surface area is 97.9 Å². The molecule has 94 valence electrons. The molecule has 1 unspecified atom stereocenters. The number of nitrogens with zero attached hydrogens (tertiary/aromatic N) is 1. The second-order valence-electron chi connectivity index (χ2n) is 4.63. The van der Waals surface area contributed by atoms with Crippen LogP contribution in [0, 0.1) is 5.92 Å². The first-order valence-electron chi connectivity index (χ1n) is 6.07. The van der Waals surface area contributed by atoms with Crippen LogP contribution >= 0.6 is 0 Å². The molecule has 3 atom stereocenters. The van der Waals surface area contributed by atoms with Crippen LogP contribution in [-0.4, -0.2) is 49.3 Å². The molecule has 4 nitrogen and oxygen atoms in total. The Morgan fingerprint density at radius 1 is 1.44 bits per heavy atom. The molecular weight excluding hydrogens is 206 g/mol. The van der Waals surface area contributed by atoms with E-state index < -0.39 is 0 Å². The van der Waals surface area contributed by atoms with Gasteiger partial charge in [0.2, 0.25) is 0 Å². The third kappa shape index (κ3) is 4.10.